The third-order valence-electron chi connectivity index (χ3n) is 6.26. The Balaban J connectivity index is 1.93. The number of nitrogens with one attached hydrogen (secondary N) is 2. The summed E-state index contributed by atoms with van der Waals surface area (Å²) in [6.07, 6.45) is 8.91. The first-order valence-corrected chi connectivity index (χ1v) is 10.0. The molecule has 4 atom stereocenters. The minimum atomic E-state index is -0.413. The quantitative estimate of drug-likeness (QED) is 0.805. The zero-order chi connectivity index (χ0) is 17.7. The molecule has 0 unspecified atom stereocenters. The topological polar surface area (TPSA) is 58.2 Å². The van der Waals surface area contributed by atoms with Gasteiger partial charge in [0.15, 0.2) is 0 Å². The first kappa shape index (κ1) is 19.3. The van der Waals surface area contributed by atoms with Crippen LogP contribution in [-0.2, 0) is 9.59 Å². The van der Waals surface area contributed by atoms with Gasteiger partial charge in [-0.15, -0.1) is 0 Å². The number of rotatable bonds is 5. The summed E-state index contributed by atoms with van der Waals surface area (Å²) in [4.78, 5) is 25.3. The van der Waals surface area contributed by atoms with Crippen molar-refractivity contribution in [3.8, 4) is 0 Å². The van der Waals surface area contributed by atoms with Crippen molar-refractivity contribution >= 4 is 11.8 Å². The maximum absolute atomic E-state index is 12.8. The molecule has 0 aliphatic heterocycles. The summed E-state index contributed by atoms with van der Waals surface area (Å²) in [5.41, 5.74) is 0. The summed E-state index contributed by atoms with van der Waals surface area (Å²) in [5, 5.41) is 6.29. The molecule has 2 amide bonds. The lowest BCUT2D eigenvalue weighted by Gasteiger charge is -2.36. The van der Waals surface area contributed by atoms with Crippen molar-refractivity contribution in [2.45, 2.75) is 91.1 Å². The molecule has 2 rings (SSSR count). The smallest absolute Gasteiger partial charge is 0.243 e. The van der Waals surface area contributed by atoms with E-state index in [-0.39, 0.29) is 29.7 Å². The zero-order valence-electron chi connectivity index (χ0n) is 15.9. The van der Waals surface area contributed by atoms with Crippen LogP contribution < -0.4 is 10.6 Å². The molecule has 4 heteroatoms. The first-order chi connectivity index (χ1) is 11.4. The standard InChI is InChI=1S/C20H36N2O2/c1-13(2)18(22-19(23)16-10-6-5-7-11-16)20(24)21-17-12-8-9-14(3)15(17)4/h13-18H,5-12H2,1-4H3,(H,21,24)(H,22,23)/t14-,15-,17+,18-/m0/s1. The van der Waals surface area contributed by atoms with E-state index in [0.717, 1.165) is 32.1 Å². The fourth-order valence-electron chi connectivity index (χ4n) is 4.23. The summed E-state index contributed by atoms with van der Waals surface area (Å²) in [5.74, 6) is 1.44. The Morgan fingerprint density at radius 2 is 1.58 bits per heavy atom. The Labute approximate surface area is 147 Å². The predicted molar refractivity (Wildman–Crippen MR) is 97.5 cm³/mol. The molecule has 0 aromatic carbocycles. The molecular formula is C20H36N2O2. The minimum Gasteiger partial charge on any atom is -0.351 e. The molecule has 138 valence electrons. The van der Waals surface area contributed by atoms with E-state index in [4.69, 9.17) is 0 Å². The van der Waals surface area contributed by atoms with Gasteiger partial charge in [-0.3, -0.25) is 9.59 Å². The normalized spacial score (nSPS) is 30.0. The maximum atomic E-state index is 12.8. The van der Waals surface area contributed by atoms with Gasteiger partial charge in [0.2, 0.25) is 11.8 Å². The van der Waals surface area contributed by atoms with Crippen molar-refractivity contribution in [3.63, 3.8) is 0 Å². The lowest BCUT2D eigenvalue weighted by molar-refractivity contribution is -0.133. The second-order valence-corrected chi connectivity index (χ2v) is 8.45. The summed E-state index contributed by atoms with van der Waals surface area (Å²) < 4.78 is 0. The van der Waals surface area contributed by atoms with Gasteiger partial charge in [0.1, 0.15) is 6.04 Å². The van der Waals surface area contributed by atoms with Crippen molar-refractivity contribution < 1.29 is 9.59 Å². The molecule has 0 heterocycles. The summed E-state index contributed by atoms with van der Waals surface area (Å²) in [7, 11) is 0. The van der Waals surface area contributed by atoms with Gasteiger partial charge < -0.3 is 10.6 Å². The highest BCUT2D eigenvalue weighted by Crippen LogP contribution is 2.29. The molecule has 24 heavy (non-hydrogen) atoms. The van der Waals surface area contributed by atoms with Gasteiger partial charge in [0.25, 0.3) is 0 Å². The molecule has 0 aromatic heterocycles. The number of hydrogen-bond donors (Lipinski definition) is 2. The summed E-state index contributed by atoms with van der Waals surface area (Å²) in [6.45, 7) is 8.53. The van der Waals surface area contributed by atoms with Crippen molar-refractivity contribution in [2.75, 3.05) is 0 Å². The second-order valence-electron chi connectivity index (χ2n) is 8.45. The second kappa shape index (κ2) is 8.87. The van der Waals surface area contributed by atoms with Crippen LogP contribution in [0.25, 0.3) is 0 Å². The van der Waals surface area contributed by atoms with Crippen LogP contribution in [0.5, 0.6) is 0 Å². The molecular weight excluding hydrogens is 300 g/mol. The first-order valence-electron chi connectivity index (χ1n) is 10.0. The average Bonchev–Trinajstić information content (AvgIpc) is 2.57. The Kier molecular flexibility index (Phi) is 7.12. The Hall–Kier alpha value is -1.06. The molecule has 0 radical (unpaired) electrons. The zero-order valence-corrected chi connectivity index (χ0v) is 15.9. The highest BCUT2D eigenvalue weighted by Gasteiger charge is 2.33. The van der Waals surface area contributed by atoms with Crippen LogP contribution in [0.3, 0.4) is 0 Å². The predicted octanol–water partition coefficient (Wildman–Crippen LogP) is 3.65. The molecule has 0 bridgehead atoms. The van der Waals surface area contributed by atoms with E-state index in [9.17, 15) is 9.59 Å². The van der Waals surface area contributed by atoms with Gasteiger partial charge in [0, 0.05) is 12.0 Å². The van der Waals surface area contributed by atoms with Crippen molar-refractivity contribution in [2.24, 2.45) is 23.7 Å². The van der Waals surface area contributed by atoms with Crippen molar-refractivity contribution in [3.05, 3.63) is 0 Å². The van der Waals surface area contributed by atoms with E-state index in [1.807, 2.05) is 13.8 Å². The molecule has 0 spiro atoms. The van der Waals surface area contributed by atoms with Crippen LogP contribution in [0.2, 0.25) is 0 Å². The molecule has 4 nitrogen and oxygen atoms in total. The van der Waals surface area contributed by atoms with Crippen molar-refractivity contribution in [1.82, 2.24) is 10.6 Å². The van der Waals surface area contributed by atoms with Gasteiger partial charge in [0.05, 0.1) is 0 Å². The molecule has 2 N–H and O–H groups in total. The molecule has 0 aromatic rings. The number of carbonyl (C=O) groups is 2. The number of carbonyl (C=O) groups excluding carboxylic acids is 2. The lowest BCUT2D eigenvalue weighted by Crippen LogP contribution is -2.55. The minimum absolute atomic E-state index is 0.000101. The van der Waals surface area contributed by atoms with E-state index in [0.29, 0.717) is 11.8 Å². The van der Waals surface area contributed by atoms with E-state index >= 15 is 0 Å². The molecule has 0 saturated heterocycles. The van der Waals surface area contributed by atoms with Gasteiger partial charge in [-0.05, 0) is 37.0 Å². The number of hydrogen-bond acceptors (Lipinski definition) is 2. The van der Waals surface area contributed by atoms with E-state index in [1.54, 1.807) is 0 Å². The number of amides is 2. The monoisotopic (exact) mass is 336 g/mol. The Morgan fingerprint density at radius 1 is 0.917 bits per heavy atom. The molecule has 2 saturated carbocycles. The van der Waals surface area contributed by atoms with Crippen LogP contribution in [0.1, 0.15) is 79.1 Å². The van der Waals surface area contributed by atoms with E-state index < -0.39 is 6.04 Å². The average molecular weight is 337 g/mol. The molecule has 2 fully saturated rings. The maximum Gasteiger partial charge on any atom is 0.243 e. The van der Waals surface area contributed by atoms with Gasteiger partial charge in [-0.2, -0.15) is 0 Å². The molecule has 2 aliphatic carbocycles. The third kappa shape index (κ3) is 4.97. The highest BCUT2D eigenvalue weighted by molar-refractivity contribution is 5.88. The third-order valence-corrected chi connectivity index (χ3v) is 6.26. The van der Waals surface area contributed by atoms with Crippen LogP contribution in [0, 0.1) is 23.7 Å². The van der Waals surface area contributed by atoms with Crippen molar-refractivity contribution in [1.29, 1.82) is 0 Å². The van der Waals surface area contributed by atoms with Crippen LogP contribution >= 0.6 is 0 Å². The SMILES string of the molecule is CC(C)[C@H](NC(=O)C1CCCCC1)C(=O)N[C@@H]1CCC[C@H](C)[C@@H]1C. The van der Waals surface area contributed by atoms with Gasteiger partial charge in [-0.25, -0.2) is 0 Å². The van der Waals surface area contributed by atoms with Crippen LogP contribution in [0.15, 0.2) is 0 Å². The lowest BCUT2D eigenvalue weighted by atomic mass is 9.78. The largest absolute Gasteiger partial charge is 0.351 e. The fraction of sp³-hybridized carbons (Fsp3) is 0.900. The summed E-state index contributed by atoms with van der Waals surface area (Å²) in [6, 6.07) is -0.169. The van der Waals surface area contributed by atoms with E-state index in [2.05, 4.69) is 24.5 Å². The van der Waals surface area contributed by atoms with Crippen LogP contribution in [0.4, 0.5) is 0 Å². The summed E-state index contributed by atoms with van der Waals surface area (Å²) >= 11 is 0. The molecule has 2 aliphatic rings. The van der Waals surface area contributed by atoms with Gasteiger partial charge in [-0.1, -0.05) is 59.8 Å². The Bertz CT molecular complexity index is 429. The van der Waals surface area contributed by atoms with Gasteiger partial charge >= 0.3 is 0 Å². The fourth-order valence-corrected chi connectivity index (χ4v) is 4.23. The Morgan fingerprint density at radius 3 is 2.21 bits per heavy atom. The highest BCUT2D eigenvalue weighted by atomic mass is 16.2. The van der Waals surface area contributed by atoms with Crippen LogP contribution in [-0.4, -0.2) is 23.9 Å². The van der Waals surface area contributed by atoms with E-state index in [1.165, 1.54) is 19.3 Å².